The van der Waals surface area contributed by atoms with E-state index in [1.807, 2.05) is 12.1 Å². The Morgan fingerprint density at radius 3 is 2.55 bits per heavy atom. The monoisotopic (exact) mass is 391 g/mol. The summed E-state index contributed by atoms with van der Waals surface area (Å²) in [5.74, 6) is 0.952. The van der Waals surface area contributed by atoms with Crippen molar-refractivity contribution in [3.63, 3.8) is 0 Å². The van der Waals surface area contributed by atoms with Crippen LogP contribution in [-0.2, 0) is 6.42 Å². The van der Waals surface area contributed by atoms with Gasteiger partial charge in [-0.3, -0.25) is 4.79 Å². The maximum Gasteiger partial charge on any atom is 0.250 e. The Labute approximate surface area is 171 Å². The van der Waals surface area contributed by atoms with Crippen LogP contribution in [0, 0.1) is 0 Å². The lowest BCUT2D eigenvalue weighted by atomic mass is 9.96. The van der Waals surface area contributed by atoms with Gasteiger partial charge in [0.05, 0.1) is 11.1 Å². The average Bonchev–Trinajstić information content (AvgIpc) is 3.17. The zero-order chi connectivity index (χ0) is 20.4. The van der Waals surface area contributed by atoms with Crippen LogP contribution in [0.25, 0.3) is 11.0 Å². The summed E-state index contributed by atoms with van der Waals surface area (Å²) in [7, 11) is 4.13. The molecule has 3 N–H and O–H groups in total. The van der Waals surface area contributed by atoms with Crippen LogP contribution < -0.4 is 10.6 Å². The Bertz CT molecular complexity index is 984. The number of carbonyl (C=O) groups excluding carboxylic acids is 1. The lowest BCUT2D eigenvalue weighted by Crippen LogP contribution is -2.34. The zero-order valence-electron chi connectivity index (χ0n) is 17.2. The summed E-state index contributed by atoms with van der Waals surface area (Å²) in [5.41, 5.74) is 10.2. The van der Waals surface area contributed by atoms with Gasteiger partial charge < -0.3 is 20.5 Å². The van der Waals surface area contributed by atoms with Crippen molar-refractivity contribution in [1.29, 1.82) is 0 Å². The number of carbonyl (C=O) groups is 1. The fourth-order valence-corrected chi connectivity index (χ4v) is 4.12. The van der Waals surface area contributed by atoms with E-state index in [1.165, 1.54) is 11.3 Å². The molecule has 1 amide bonds. The maximum absolute atomic E-state index is 11.6. The molecule has 0 aliphatic carbocycles. The van der Waals surface area contributed by atoms with Gasteiger partial charge in [-0.15, -0.1) is 0 Å². The number of aromatic amines is 1. The number of rotatable bonds is 6. The number of fused-ring (bicyclic) bond motifs is 1. The summed E-state index contributed by atoms with van der Waals surface area (Å²) in [6.45, 7) is 3.22. The topological polar surface area (TPSA) is 78.2 Å². The standard InChI is InChI=1S/C23H29N5O/c1-27(2)18-8-6-16(7-9-18)10-13-28-14-11-17(12-15-28)23-25-20-5-3-4-19(22(24)29)21(20)26-23/h3-9,17H,10-15H2,1-2H3,(H2,24,29)(H,25,26). The third-order valence-corrected chi connectivity index (χ3v) is 5.94. The van der Waals surface area contributed by atoms with Gasteiger partial charge in [0.15, 0.2) is 0 Å². The molecular weight excluding hydrogens is 362 g/mol. The number of imidazole rings is 1. The highest BCUT2D eigenvalue weighted by Crippen LogP contribution is 2.28. The number of H-pyrrole nitrogens is 1. The van der Waals surface area contributed by atoms with Crippen LogP contribution in [0.5, 0.6) is 0 Å². The number of nitrogens with zero attached hydrogens (tertiary/aromatic N) is 3. The number of benzene rings is 2. The van der Waals surface area contributed by atoms with Gasteiger partial charge in [-0.1, -0.05) is 18.2 Å². The van der Waals surface area contributed by atoms with Crippen molar-refractivity contribution in [3.8, 4) is 0 Å². The van der Waals surface area contributed by atoms with E-state index in [0.717, 1.165) is 50.2 Å². The molecule has 0 atom stereocenters. The highest BCUT2D eigenvalue weighted by Gasteiger charge is 2.23. The maximum atomic E-state index is 11.6. The van der Waals surface area contributed by atoms with E-state index in [-0.39, 0.29) is 0 Å². The second-order valence-electron chi connectivity index (χ2n) is 8.11. The molecule has 2 heterocycles. The minimum absolute atomic E-state index is 0.402. The Balaban J connectivity index is 1.34. The first kappa shape index (κ1) is 19.5. The summed E-state index contributed by atoms with van der Waals surface area (Å²) in [6.07, 6.45) is 3.22. The van der Waals surface area contributed by atoms with Crippen LogP contribution in [0.4, 0.5) is 5.69 Å². The number of hydrogen-bond donors (Lipinski definition) is 2. The van der Waals surface area contributed by atoms with Gasteiger partial charge in [-0.2, -0.15) is 0 Å². The summed E-state index contributed by atoms with van der Waals surface area (Å²) >= 11 is 0. The fourth-order valence-electron chi connectivity index (χ4n) is 4.12. The molecule has 152 valence electrons. The molecule has 3 aromatic rings. The molecule has 1 aliphatic rings. The van der Waals surface area contributed by atoms with Gasteiger partial charge >= 0.3 is 0 Å². The predicted molar refractivity (Wildman–Crippen MR) is 117 cm³/mol. The highest BCUT2D eigenvalue weighted by atomic mass is 16.1. The van der Waals surface area contributed by atoms with Crippen molar-refractivity contribution in [2.45, 2.75) is 25.2 Å². The summed E-state index contributed by atoms with van der Waals surface area (Å²) in [5, 5.41) is 0. The number of aromatic nitrogens is 2. The highest BCUT2D eigenvalue weighted by molar-refractivity contribution is 6.04. The second-order valence-corrected chi connectivity index (χ2v) is 8.11. The lowest BCUT2D eigenvalue weighted by molar-refractivity contribution is 0.100. The van der Waals surface area contributed by atoms with Gasteiger partial charge in [0.1, 0.15) is 11.3 Å². The van der Waals surface area contributed by atoms with Crippen molar-refractivity contribution in [3.05, 3.63) is 59.4 Å². The van der Waals surface area contributed by atoms with Crippen LogP contribution in [0.3, 0.4) is 0 Å². The third-order valence-electron chi connectivity index (χ3n) is 5.94. The van der Waals surface area contributed by atoms with Gasteiger partial charge in [0, 0.05) is 32.2 Å². The Kier molecular flexibility index (Phi) is 5.53. The van der Waals surface area contributed by atoms with Crippen molar-refractivity contribution in [2.24, 2.45) is 5.73 Å². The van der Waals surface area contributed by atoms with Crippen LogP contribution in [0.1, 0.15) is 40.5 Å². The average molecular weight is 392 g/mol. The quantitative estimate of drug-likeness (QED) is 0.677. The summed E-state index contributed by atoms with van der Waals surface area (Å²) < 4.78 is 0. The number of nitrogens with one attached hydrogen (secondary N) is 1. The molecule has 1 saturated heterocycles. The minimum Gasteiger partial charge on any atom is -0.378 e. The van der Waals surface area contributed by atoms with E-state index in [4.69, 9.17) is 10.7 Å². The van der Waals surface area contributed by atoms with E-state index in [1.54, 1.807) is 6.07 Å². The minimum atomic E-state index is -0.429. The zero-order valence-corrected chi connectivity index (χ0v) is 17.2. The molecule has 1 aromatic heterocycles. The van der Waals surface area contributed by atoms with E-state index < -0.39 is 5.91 Å². The molecule has 0 saturated carbocycles. The molecule has 6 heteroatoms. The van der Waals surface area contributed by atoms with Crippen LogP contribution in [0.15, 0.2) is 42.5 Å². The number of amides is 1. The SMILES string of the molecule is CN(C)c1ccc(CCN2CCC(c3nc4c(C(N)=O)cccc4[nH]3)CC2)cc1. The van der Waals surface area contributed by atoms with Gasteiger partial charge in [-0.05, 0) is 62.2 Å². The van der Waals surface area contributed by atoms with Crippen molar-refractivity contribution in [2.75, 3.05) is 38.6 Å². The van der Waals surface area contributed by atoms with Crippen LogP contribution in [-0.4, -0.2) is 54.5 Å². The predicted octanol–water partition coefficient (Wildman–Crippen LogP) is 3.15. The van der Waals surface area contributed by atoms with Crippen LogP contribution in [0.2, 0.25) is 0 Å². The molecule has 0 bridgehead atoms. The largest absolute Gasteiger partial charge is 0.378 e. The van der Waals surface area contributed by atoms with E-state index >= 15 is 0 Å². The van der Waals surface area contributed by atoms with Gasteiger partial charge in [0.2, 0.25) is 0 Å². The fraction of sp³-hybridized carbons (Fsp3) is 0.391. The first-order valence-electron chi connectivity index (χ1n) is 10.3. The molecule has 29 heavy (non-hydrogen) atoms. The normalized spacial score (nSPS) is 15.7. The van der Waals surface area contributed by atoms with Gasteiger partial charge in [0.25, 0.3) is 5.91 Å². The molecule has 1 aliphatic heterocycles. The first-order chi connectivity index (χ1) is 14.0. The number of hydrogen-bond acceptors (Lipinski definition) is 4. The molecular formula is C23H29N5O. The molecule has 2 aromatic carbocycles. The molecule has 4 rings (SSSR count). The molecule has 0 unspecified atom stereocenters. The summed E-state index contributed by atoms with van der Waals surface area (Å²) in [4.78, 5) is 24.4. The van der Waals surface area contributed by atoms with E-state index in [2.05, 4.69) is 53.1 Å². The molecule has 6 nitrogen and oxygen atoms in total. The number of anilines is 1. The lowest BCUT2D eigenvalue weighted by Gasteiger charge is -2.31. The van der Waals surface area contributed by atoms with E-state index in [9.17, 15) is 4.79 Å². The Morgan fingerprint density at radius 2 is 1.90 bits per heavy atom. The van der Waals surface area contributed by atoms with E-state index in [0.29, 0.717) is 17.0 Å². The summed E-state index contributed by atoms with van der Waals surface area (Å²) in [6, 6.07) is 14.4. The van der Waals surface area contributed by atoms with Gasteiger partial charge in [-0.25, -0.2) is 4.98 Å². The second kappa shape index (κ2) is 8.25. The smallest absolute Gasteiger partial charge is 0.250 e. The number of primary amides is 1. The van der Waals surface area contributed by atoms with Crippen molar-refractivity contribution >= 4 is 22.6 Å². The third kappa shape index (κ3) is 4.27. The first-order valence-corrected chi connectivity index (χ1v) is 10.3. The Morgan fingerprint density at radius 1 is 1.17 bits per heavy atom. The number of piperidine rings is 1. The molecule has 1 fully saturated rings. The molecule has 0 radical (unpaired) electrons. The Hall–Kier alpha value is -2.86. The van der Waals surface area contributed by atoms with Crippen molar-refractivity contribution < 1.29 is 4.79 Å². The molecule has 0 spiro atoms. The number of likely N-dealkylation sites (tertiary alicyclic amines) is 1. The van der Waals surface area contributed by atoms with Crippen LogP contribution >= 0.6 is 0 Å². The van der Waals surface area contributed by atoms with Crippen molar-refractivity contribution in [1.82, 2.24) is 14.9 Å². The number of nitrogens with two attached hydrogens (primary N) is 1. The number of para-hydroxylation sites is 1.